The molecule has 1 aromatic heterocycles. The number of amides is 2. The maximum absolute atomic E-state index is 13.3. The second-order valence-corrected chi connectivity index (χ2v) is 13.3. The fraction of sp³-hybridized carbons (Fsp3) is 0.407. The Bertz CT molecular complexity index is 1480. The monoisotopic (exact) mass is 556 g/mol. The fourth-order valence-corrected chi connectivity index (χ4v) is 4.12. The molecule has 0 spiro atoms. The molecular formula is C27H36N6O5S. The summed E-state index contributed by atoms with van der Waals surface area (Å²) < 4.78 is 33.3. The van der Waals surface area contributed by atoms with Crippen molar-refractivity contribution in [2.45, 2.75) is 47.0 Å². The lowest BCUT2D eigenvalue weighted by Crippen LogP contribution is -2.32. The van der Waals surface area contributed by atoms with Gasteiger partial charge in [-0.05, 0) is 46.7 Å². The van der Waals surface area contributed by atoms with Gasteiger partial charge in [-0.15, -0.1) is 5.10 Å². The highest BCUT2D eigenvalue weighted by Gasteiger charge is 2.23. The number of aromatic nitrogens is 3. The lowest BCUT2D eigenvalue weighted by molar-refractivity contribution is 0.0933. The van der Waals surface area contributed by atoms with Crippen molar-refractivity contribution in [1.82, 2.24) is 20.3 Å². The smallest absolute Gasteiger partial charge is 0.273 e. The Labute approximate surface area is 229 Å². The van der Waals surface area contributed by atoms with Gasteiger partial charge < -0.3 is 15.4 Å². The summed E-state index contributed by atoms with van der Waals surface area (Å²) in [6.07, 6.45) is 2.54. The Kier molecular flexibility index (Phi) is 8.39. The van der Waals surface area contributed by atoms with E-state index >= 15 is 0 Å². The van der Waals surface area contributed by atoms with E-state index in [-0.39, 0.29) is 33.9 Å². The number of methoxy groups -OCH3 is 1. The number of hydrogen-bond acceptors (Lipinski definition) is 7. The third-order valence-corrected chi connectivity index (χ3v) is 6.17. The molecule has 0 saturated carbocycles. The first kappa shape index (κ1) is 29.6. The summed E-state index contributed by atoms with van der Waals surface area (Å²) in [5, 5.41) is 13.7. The SMILES string of the molecule is COc1c(NC(=O)c2cccc(-n3cc(C(=O)NCC(C)(C)C)nn3)c2)cc(C(C)(C)C)cc1NS(C)(=O)=O. The molecule has 0 radical (unpaired) electrons. The van der Waals surface area contributed by atoms with Gasteiger partial charge in [-0.1, -0.05) is 52.8 Å². The van der Waals surface area contributed by atoms with Gasteiger partial charge in [0, 0.05) is 12.1 Å². The molecule has 0 bridgehead atoms. The Morgan fingerprint density at radius 3 is 2.26 bits per heavy atom. The number of nitrogens with one attached hydrogen (secondary N) is 3. The molecule has 3 aromatic rings. The van der Waals surface area contributed by atoms with E-state index in [1.807, 2.05) is 41.5 Å². The lowest BCUT2D eigenvalue weighted by Gasteiger charge is -2.24. The van der Waals surface area contributed by atoms with E-state index in [0.717, 1.165) is 11.8 Å². The number of benzene rings is 2. The van der Waals surface area contributed by atoms with Gasteiger partial charge in [-0.25, -0.2) is 13.1 Å². The van der Waals surface area contributed by atoms with Crippen molar-refractivity contribution in [3.8, 4) is 11.4 Å². The van der Waals surface area contributed by atoms with E-state index in [4.69, 9.17) is 4.74 Å². The van der Waals surface area contributed by atoms with Gasteiger partial charge in [-0.3, -0.25) is 14.3 Å². The standard InChI is InChI=1S/C27H36N6O5S/c1-26(2,3)16-28-25(35)22-15-33(32-30-22)19-11-9-10-17(12-19)24(34)29-20-13-18(27(4,5)6)14-21(23(20)38-7)31-39(8,36)37/h9-15,31H,16H2,1-8H3,(H,28,35)(H,29,34). The van der Waals surface area contributed by atoms with E-state index in [1.165, 1.54) is 18.0 Å². The second-order valence-electron chi connectivity index (χ2n) is 11.5. The summed E-state index contributed by atoms with van der Waals surface area (Å²) in [7, 11) is -2.21. The normalized spacial score (nSPS) is 12.1. The third kappa shape index (κ3) is 8.03. The molecule has 3 rings (SSSR count). The number of hydrogen-bond donors (Lipinski definition) is 3. The first-order chi connectivity index (χ1) is 18.0. The number of ether oxygens (including phenoxy) is 1. The minimum absolute atomic E-state index is 0.0793. The molecule has 0 aliphatic rings. The summed E-state index contributed by atoms with van der Waals surface area (Å²) in [4.78, 5) is 25.7. The quantitative estimate of drug-likeness (QED) is 0.381. The van der Waals surface area contributed by atoms with Crippen LogP contribution in [0.2, 0.25) is 0 Å². The molecule has 0 aliphatic carbocycles. The van der Waals surface area contributed by atoms with Gasteiger partial charge in [0.15, 0.2) is 11.4 Å². The van der Waals surface area contributed by atoms with Crippen molar-refractivity contribution in [2.24, 2.45) is 5.41 Å². The van der Waals surface area contributed by atoms with E-state index in [0.29, 0.717) is 23.5 Å². The number of anilines is 2. The molecular weight excluding hydrogens is 520 g/mol. The van der Waals surface area contributed by atoms with Crippen LogP contribution in [0.4, 0.5) is 11.4 Å². The van der Waals surface area contributed by atoms with Crippen molar-refractivity contribution in [3.05, 3.63) is 59.4 Å². The summed E-state index contributed by atoms with van der Waals surface area (Å²) in [6.45, 7) is 12.4. The van der Waals surface area contributed by atoms with Crippen molar-refractivity contribution in [1.29, 1.82) is 0 Å². The maximum Gasteiger partial charge on any atom is 0.273 e. The van der Waals surface area contributed by atoms with E-state index in [1.54, 1.807) is 36.4 Å². The van der Waals surface area contributed by atoms with Gasteiger partial charge in [0.1, 0.15) is 0 Å². The van der Waals surface area contributed by atoms with Gasteiger partial charge in [0.2, 0.25) is 10.0 Å². The topological polar surface area (TPSA) is 144 Å². The van der Waals surface area contributed by atoms with Crippen molar-refractivity contribution >= 4 is 33.2 Å². The molecule has 0 fully saturated rings. The van der Waals surface area contributed by atoms with Crippen LogP contribution in [0, 0.1) is 5.41 Å². The number of carbonyl (C=O) groups is 2. The fourth-order valence-electron chi connectivity index (χ4n) is 3.56. The molecule has 0 unspecified atom stereocenters. The van der Waals surface area contributed by atoms with Crippen LogP contribution in [0.25, 0.3) is 5.69 Å². The van der Waals surface area contributed by atoms with Gasteiger partial charge in [0.05, 0.1) is 36.6 Å². The number of rotatable bonds is 8. The Morgan fingerprint density at radius 2 is 1.67 bits per heavy atom. The molecule has 0 atom stereocenters. The van der Waals surface area contributed by atoms with Crippen LogP contribution in [0.3, 0.4) is 0 Å². The van der Waals surface area contributed by atoms with Crippen LogP contribution in [0.5, 0.6) is 5.75 Å². The largest absolute Gasteiger partial charge is 0.492 e. The highest BCUT2D eigenvalue weighted by molar-refractivity contribution is 7.92. The van der Waals surface area contributed by atoms with Crippen LogP contribution < -0.4 is 20.1 Å². The summed E-state index contributed by atoms with van der Waals surface area (Å²) in [6, 6.07) is 10.1. The Balaban J connectivity index is 1.90. The summed E-state index contributed by atoms with van der Waals surface area (Å²) in [5.74, 6) is -0.607. The van der Waals surface area contributed by atoms with Gasteiger partial charge in [-0.2, -0.15) is 0 Å². The van der Waals surface area contributed by atoms with Crippen LogP contribution in [-0.2, 0) is 15.4 Å². The van der Waals surface area contributed by atoms with Crippen molar-refractivity contribution < 1.29 is 22.7 Å². The highest BCUT2D eigenvalue weighted by Crippen LogP contribution is 2.39. The molecule has 3 N–H and O–H groups in total. The zero-order chi connectivity index (χ0) is 29.2. The summed E-state index contributed by atoms with van der Waals surface area (Å²) >= 11 is 0. The number of sulfonamides is 1. The Morgan fingerprint density at radius 1 is 1.00 bits per heavy atom. The average Bonchev–Trinajstić information content (AvgIpc) is 3.31. The van der Waals surface area contributed by atoms with Gasteiger partial charge in [0.25, 0.3) is 11.8 Å². The number of carbonyl (C=O) groups excluding carboxylic acids is 2. The second kappa shape index (κ2) is 11.0. The van der Waals surface area contributed by atoms with E-state index < -0.39 is 15.9 Å². The zero-order valence-electron chi connectivity index (χ0n) is 23.5. The van der Waals surface area contributed by atoms with Crippen LogP contribution >= 0.6 is 0 Å². The van der Waals surface area contributed by atoms with Crippen molar-refractivity contribution in [3.63, 3.8) is 0 Å². The molecule has 11 nitrogen and oxygen atoms in total. The predicted molar refractivity (Wildman–Crippen MR) is 151 cm³/mol. The first-order valence-electron chi connectivity index (χ1n) is 12.3. The molecule has 12 heteroatoms. The molecule has 39 heavy (non-hydrogen) atoms. The summed E-state index contributed by atoms with van der Waals surface area (Å²) in [5.41, 5.74) is 1.89. The molecule has 1 heterocycles. The maximum atomic E-state index is 13.3. The van der Waals surface area contributed by atoms with Crippen LogP contribution in [0.1, 0.15) is 68.0 Å². The zero-order valence-corrected chi connectivity index (χ0v) is 24.4. The average molecular weight is 557 g/mol. The molecule has 2 aromatic carbocycles. The minimum Gasteiger partial charge on any atom is -0.492 e. The molecule has 2 amide bonds. The minimum atomic E-state index is -3.61. The van der Waals surface area contributed by atoms with E-state index in [9.17, 15) is 18.0 Å². The number of nitrogens with zero attached hydrogens (tertiary/aromatic N) is 3. The predicted octanol–water partition coefficient (Wildman–Crippen LogP) is 3.97. The van der Waals surface area contributed by atoms with Crippen molar-refractivity contribution in [2.75, 3.05) is 29.9 Å². The molecule has 210 valence electrons. The Hall–Kier alpha value is -3.93. The molecule has 0 saturated heterocycles. The van der Waals surface area contributed by atoms with Crippen LogP contribution in [-0.4, -0.2) is 55.1 Å². The van der Waals surface area contributed by atoms with E-state index in [2.05, 4.69) is 25.7 Å². The lowest BCUT2D eigenvalue weighted by atomic mass is 9.86. The molecule has 0 aliphatic heterocycles. The third-order valence-electron chi connectivity index (χ3n) is 5.58. The van der Waals surface area contributed by atoms with Crippen LogP contribution in [0.15, 0.2) is 42.6 Å². The van der Waals surface area contributed by atoms with Gasteiger partial charge >= 0.3 is 0 Å². The highest BCUT2D eigenvalue weighted by atomic mass is 32.2. The first-order valence-corrected chi connectivity index (χ1v) is 14.2.